The number of guanidine groups is 1. The highest BCUT2D eigenvalue weighted by Gasteiger charge is 2.12. The van der Waals surface area contributed by atoms with Gasteiger partial charge in [0.25, 0.3) is 0 Å². The Labute approximate surface area is 192 Å². The van der Waals surface area contributed by atoms with Gasteiger partial charge in [0, 0.05) is 45.0 Å². The van der Waals surface area contributed by atoms with Crippen LogP contribution in [0.5, 0.6) is 5.75 Å². The van der Waals surface area contributed by atoms with Crippen LogP contribution in [-0.2, 0) is 17.8 Å². The number of nitrogens with one attached hydrogen (secondary N) is 2. The van der Waals surface area contributed by atoms with Crippen molar-refractivity contribution in [3.05, 3.63) is 53.2 Å². The van der Waals surface area contributed by atoms with Gasteiger partial charge in [-0.15, -0.1) is 0 Å². The Bertz CT molecular complexity index is 865. The van der Waals surface area contributed by atoms with Gasteiger partial charge in [-0.25, -0.2) is 9.98 Å². The molecule has 3 rings (SSSR count). The van der Waals surface area contributed by atoms with Crippen LogP contribution in [0.2, 0.25) is 0 Å². The molecule has 2 N–H and O–H groups in total. The minimum absolute atomic E-state index is 0.530. The van der Waals surface area contributed by atoms with Gasteiger partial charge < -0.3 is 25.0 Å². The summed E-state index contributed by atoms with van der Waals surface area (Å²) in [4.78, 5) is 11.7. The molecule has 0 atom stereocenters. The summed E-state index contributed by atoms with van der Waals surface area (Å²) in [5.74, 6) is 2.73. The number of methoxy groups -OCH3 is 1. The molecular formula is C25H37N5O2. The summed E-state index contributed by atoms with van der Waals surface area (Å²) < 4.78 is 11.0. The highest BCUT2D eigenvalue weighted by molar-refractivity contribution is 5.79. The van der Waals surface area contributed by atoms with E-state index in [1.165, 1.54) is 24.8 Å². The fourth-order valence-corrected chi connectivity index (χ4v) is 3.72. The fourth-order valence-electron chi connectivity index (χ4n) is 3.72. The maximum absolute atomic E-state index is 5.91. The van der Waals surface area contributed by atoms with Crippen molar-refractivity contribution < 1.29 is 9.47 Å². The second-order valence-corrected chi connectivity index (χ2v) is 8.07. The predicted octanol–water partition coefficient (Wildman–Crippen LogP) is 3.66. The lowest BCUT2D eigenvalue weighted by molar-refractivity contribution is 0.145. The molecule has 0 aliphatic carbocycles. The van der Waals surface area contributed by atoms with E-state index >= 15 is 0 Å². The molecule has 174 valence electrons. The second-order valence-electron chi connectivity index (χ2n) is 8.07. The van der Waals surface area contributed by atoms with Crippen molar-refractivity contribution in [1.29, 1.82) is 0 Å². The standard InChI is InChI=1S/C25H37N5O2/c1-4-26-25(29-19-22-9-8-20(2)16-23(22)32-15-14-31-3)28-18-21-10-11-27-24(17-21)30-12-6-5-7-13-30/h8-11,16-17H,4-7,12-15,18-19H2,1-3H3,(H2,26,28,29). The normalized spacial score (nSPS) is 14.3. The highest BCUT2D eigenvalue weighted by atomic mass is 16.5. The van der Waals surface area contributed by atoms with Crippen LogP contribution in [0.25, 0.3) is 0 Å². The topological polar surface area (TPSA) is 71.0 Å². The van der Waals surface area contributed by atoms with Gasteiger partial charge in [-0.3, -0.25) is 0 Å². The Hall–Kier alpha value is -2.80. The quantitative estimate of drug-likeness (QED) is 0.334. The maximum Gasteiger partial charge on any atom is 0.191 e. The molecule has 1 fully saturated rings. The van der Waals surface area contributed by atoms with E-state index in [9.17, 15) is 0 Å². The summed E-state index contributed by atoms with van der Waals surface area (Å²) >= 11 is 0. The van der Waals surface area contributed by atoms with Crippen molar-refractivity contribution in [3.63, 3.8) is 0 Å². The van der Waals surface area contributed by atoms with Crippen LogP contribution in [0.4, 0.5) is 5.82 Å². The average Bonchev–Trinajstić information content (AvgIpc) is 2.83. The van der Waals surface area contributed by atoms with Crippen molar-refractivity contribution in [2.75, 3.05) is 44.9 Å². The number of hydrogen-bond acceptors (Lipinski definition) is 5. The van der Waals surface area contributed by atoms with Crippen LogP contribution in [0.3, 0.4) is 0 Å². The Kier molecular flexibility index (Phi) is 9.62. The summed E-state index contributed by atoms with van der Waals surface area (Å²) in [5, 5.41) is 6.77. The molecule has 0 bridgehead atoms. The molecule has 32 heavy (non-hydrogen) atoms. The van der Waals surface area contributed by atoms with E-state index in [0.29, 0.717) is 26.3 Å². The lowest BCUT2D eigenvalue weighted by atomic mass is 10.1. The van der Waals surface area contributed by atoms with Crippen LogP contribution in [0.15, 0.2) is 41.5 Å². The minimum atomic E-state index is 0.530. The third-order valence-corrected chi connectivity index (χ3v) is 5.47. The number of piperidine rings is 1. The first-order valence-corrected chi connectivity index (χ1v) is 11.6. The smallest absolute Gasteiger partial charge is 0.191 e. The SMILES string of the molecule is CCNC(=NCc1ccnc(N2CCCCC2)c1)NCc1ccc(C)cc1OCCOC. The van der Waals surface area contributed by atoms with Crippen molar-refractivity contribution in [2.24, 2.45) is 4.99 Å². The Balaban J connectivity index is 1.63. The van der Waals surface area contributed by atoms with Crippen LogP contribution in [-0.4, -0.2) is 50.9 Å². The number of pyridine rings is 1. The molecule has 1 aliphatic heterocycles. The summed E-state index contributed by atoms with van der Waals surface area (Å²) in [7, 11) is 1.68. The van der Waals surface area contributed by atoms with E-state index in [1.54, 1.807) is 7.11 Å². The number of nitrogens with zero attached hydrogens (tertiary/aromatic N) is 3. The van der Waals surface area contributed by atoms with Crippen molar-refractivity contribution in [2.45, 2.75) is 46.2 Å². The van der Waals surface area contributed by atoms with Gasteiger partial charge >= 0.3 is 0 Å². The van der Waals surface area contributed by atoms with Gasteiger partial charge in [0.05, 0.1) is 13.2 Å². The molecule has 2 heterocycles. The molecule has 0 saturated carbocycles. The molecule has 0 radical (unpaired) electrons. The first kappa shape index (κ1) is 23.9. The zero-order valence-electron chi connectivity index (χ0n) is 19.7. The van der Waals surface area contributed by atoms with Crippen LogP contribution < -0.4 is 20.3 Å². The van der Waals surface area contributed by atoms with E-state index in [-0.39, 0.29) is 0 Å². The van der Waals surface area contributed by atoms with Crippen molar-refractivity contribution in [3.8, 4) is 5.75 Å². The molecular weight excluding hydrogens is 402 g/mol. The Morgan fingerprint density at radius 3 is 2.72 bits per heavy atom. The fraction of sp³-hybridized carbons (Fsp3) is 0.520. The zero-order valence-corrected chi connectivity index (χ0v) is 19.7. The molecule has 1 aromatic heterocycles. The third-order valence-electron chi connectivity index (χ3n) is 5.47. The molecule has 7 heteroatoms. The van der Waals surface area contributed by atoms with Gasteiger partial charge in [0.15, 0.2) is 5.96 Å². The number of aromatic nitrogens is 1. The molecule has 7 nitrogen and oxygen atoms in total. The second kappa shape index (κ2) is 12.9. The number of anilines is 1. The van der Waals surface area contributed by atoms with Crippen LogP contribution in [0, 0.1) is 6.92 Å². The van der Waals surface area contributed by atoms with E-state index < -0.39 is 0 Å². The van der Waals surface area contributed by atoms with Gasteiger partial charge in [-0.1, -0.05) is 12.1 Å². The van der Waals surface area contributed by atoms with Crippen LogP contribution in [0.1, 0.15) is 42.9 Å². The van der Waals surface area contributed by atoms with Gasteiger partial charge in [-0.05, 0) is 62.4 Å². The lowest BCUT2D eigenvalue weighted by Gasteiger charge is -2.27. The van der Waals surface area contributed by atoms with Crippen molar-refractivity contribution >= 4 is 11.8 Å². The van der Waals surface area contributed by atoms with E-state index in [2.05, 4.69) is 58.6 Å². The van der Waals surface area contributed by atoms with E-state index in [1.807, 2.05) is 12.3 Å². The number of rotatable bonds is 10. The molecule has 1 saturated heterocycles. The Morgan fingerprint density at radius 1 is 1.09 bits per heavy atom. The number of hydrogen-bond donors (Lipinski definition) is 2. The molecule has 2 aromatic rings. The van der Waals surface area contributed by atoms with Crippen LogP contribution >= 0.6 is 0 Å². The molecule has 0 unspecified atom stereocenters. The van der Waals surface area contributed by atoms with Gasteiger partial charge in [0.2, 0.25) is 0 Å². The summed E-state index contributed by atoms with van der Waals surface area (Å²) in [6.07, 6.45) is 5.70. The number of aliphatic imine (C=N–C) groups is 1. The minimum Gasteiger partial charge on any atom is -0.491 e. The average molecular weight is 440 g/mol. The van der Waals surface area contributed by atoms with Crippen molar-refractivity contribution in [1.82, 2.24) is 15.6 Å². The Morgan fingerprint density at radius 2 is 1.94 bits per heavy atom. The maximum atomic E-state index is 5.91. The molecule has 0 spiro atoms. The number of aryl methyl sites for hydroxylation is 1. The highest BCUT2D eigenvalue weighted by Crippen LogP contribution is 2.21. The third kappa shape index (κ3) is 7.41. The first-order chi connectivity index (χ1) is 15.7. The lowest BCUT2D eigenvalue weighted by Crippen LogP contribution is -2.36. The summed E-state index contributed by atoms with van der Waals surface area (Å²) in [6.45, 7) is 9.45. The zero-order chi connectivity index (χ0) is 22.6. The summed E-state index contributed by atoms with van der Waals surface area (Å²) in [5.41, 5.74) is 3.43. The molecule has 1 aliphatic rings. The molecule has 1 aromatic carbocycles. The predicted molar refractivity (Wildman–Crippen MR) is 131 cm³/mol. The first-order valence-electron chi connectivity index (χ1n) is 11.6. The monoisotopic (exact) mass is 439 g/mol. The summed E-state index contributed by atoms with van der Waals surface area (Å²) in [6, 6.07) is 10.5. The van der Waals surface area contributed by atoms with E-state index in [0.717, 1.165) is 48.3 Å². The van der Waals surface area contributed by atoms with E-state index in [4.69, 9.17) is 14.5 Å². The number of ether oxygens (including phenoxy) is 2. The number of benzene rings is 1. The molecule has 0 amide bonds. The van der Waals surface area contributed by atoms with Gasteiger partial charge in [-0.2, -0.15) is 0 Å². The largest absolute Gasteiger partial charge is 0.491 e. The van der Waals surface area contributed by atoms with Gasteiger partial charge in [0.1, 0.15) is 18.2 Å².